The van der Waals surface area contributed by atoms with Gasteiger partial charge in [0.05, 0.1) is 157 Å². The van der Waals surface area contributed by atoms with Gasteiger partial charge < -0.3 is 91.5 Å². The molecule has 4 atom stereocenters. The average Bonchev–Trinajstić information content (AvgIpc) is 3.31. The van der Waals surface area contributed by atoms with Gasteiger partial charge in [0.25, 0.3) is 11.6 Å². The van der Waals surface area contributed by atoms with E-state index in [1.165, 1.54) is 25.6 Å². The van der Waals surface area contributed by atoms with E-state index < -0.39 is 60.1 Å². The van der Waals surface area contributed by atoms with Gasteiger partial charge in [-0.2, -0.15) is 36.2 Å². The minimum atomic E-state index is -1.75. The highest BCUT2D eigenvalue weighted by molar-refractivity contribution is 7.99. The van der Waals surface area contributed by atoms with Crippen LogP contribution >= 0.6 is 36.2 Å². The van der Waals surface area contributed by atoms with Crippen LogP contribution in [0.4, 0.5) is 0 Å². The highest BCUT2D eigenvalue weighted by Crippen LogP contribution is 2.22. The molecule has 0 aromatic heterocycles. The van der Waals surface area contributed by atoms with Crippen LogP contribution in [-0.2, 0) is 80.6 Å². The second kappa shape index (κ2) is 39.0. The average molecular weight is 1020 g/mol. The van der Waals surface area contributed by atoms with Gasteiger partial charge in [0.15, 0.2) is 0 Å². The van der Waals surface area contributed by atoms with Gasteiger partial charge in [-0.05, 0) is 18.6 Å². The van der Waals surface area contributed by atoms with Gasteiger partial charge in [-0.15, -0.1) is 0 Å². The number of rotatable bonds is 45. The number of aliphatic hydroxyl groups is 2. The Morgan fingerprint density at radius 2 is 0.924 bits per heavy atom. The molecule has 4 unspecified atom stereocenters. The maximum absolute atomic E-state index is 11.5. The zero-order valence-electron chi connectivity index (χ0n) is 39.0. The first-order valence-corrected chi connectivity index (χ1v) is 25.5. The number of aliphatic carboxylic acids is 2. The Bertz CT molecular complexity index is 1180. The highest BCUT2D eigenvalue weighted by atomic mass is 32.2. The fraction of sp³-hybridized carbons (Fsp3) is 0.952. The van der Waals surface area contributed by atoms with Crippen molar-refractivity contribution >= 4 is 48.1 Å². The van der Waals surface area contributed by atoms with Crippen LogP contribution in [0.2, 0.25) is 0 Å². The molecule has 2 aliphatic heterocycles. The SMILES string of the molecule is CCCOCCOCCOCCOCCOCCOCCOCCCSCC(O)COC(COC1COC(C)(C(=O)O)OC1)CSCC(COC1COC(C)(C(=O)O)OC1)OCC(O)CS. The van der Waals surface area contributed by atoms with E-state index in [1.807, 2.05) is 0 Å². The molecular weight excluding hydrogens is 937 g/mol. The van der Waals surface area contributed by atoms with Gasteiger partial charge in [0.1, 0.15) is 12.2 Å². The Morgan fingerprint density at radius 3 is 1.29 bits per heavy atom. The third-order valence-corrected chi connectivity index (χ3v) is 12.2. The van der Waals surface area contributed by atoms with Crippen LogP contribution in [0, 0.1) is 0 Å². The third-order valence-electron chi connectivity index (χ3n) is 9.33. The maximum Gasteiger partial charge on any atom is 0.364 e. The number of hydrogen-bond acceptors (Lipinski definition) is 22. The van der Waals surface area contributed by atoms with Gasteiger partial charge in [-0.25, -0.2) is 9.59 Å². The first kappa shape index (κ1) is 61.4. The molecule has 21 nitrogen and oxygen atoms in total. The van der Waals surface area contributed by atoms with Crippen molar-refractivity contribution in [2.45, 2.75) is 81.8 Å². The number of carboxylic acid groups (broad SMARTS) is 2. The topological polar surface area (TPSA) is 254 Å². The fourth-order valence-corrected chi connectivity index (χ4v) is 7.39. The van der Waals surface area contributed by atoms with Crippen molar-refractivity contribution in [1.82, 2.24) is 0 Å². The van der Waals surface area contributed by atoms with E-state index in [-0.39, 0.29) is 58.6 Å². The lowest BCUT2D eigenvalue weighted by Gasteiger charge is -2.35. The molecule has 0 aromatic carbocycles. The second-order valence-electron chi connectivity index (χ2n) is 15.3. The molecule has 2 saturated heterocycles. The van der Waals surface area contributed by atoms with E-state index >= 15 is 0 Å². The molecule has 2 heterocycles. The molecule has 0 aromatic rings. The van der Waals surface area contributed by atoms with Crippen LogP contribution in [0.5, 0.6) is 0 Å². The van der Waals surface area contributed by atoms with Crippen LogP contribution < -0.4 is 0 Å². The second-order valence-corrected chi connectivity index (χ2v) is 17.9. The predicted octanol–water partition coefficient (Wildman–Crippen LogP) is 1.26. The van der Waals surface area contributed by atoms with Crippen LogP contribution in [0.1, 0.15) is 33.6 Å². The van der Waals surface area contributed by atoms with Crippen molar-refractivity contribution in [2.24, 2.45) is 0 Å². The molecule has 2 aliphatic rings. The van der Waals surface area contributed by atoms with Crippen molar-refractivity contribution in [3.8, 4) is 0 Å². The minimum absolute atomic E-state index is 0.0109. The summed E-state index contributed by atoms with van der Waals surface area (Å²) in [6.07, 6.45) is -1.74. The zero-order chi connectivity index (χ0) is 48.1. The first-order chi connectivity index (χ1) is 31.9. The maximum atomic E-state index is 11.5. The number of carbonyl (C=O) groups is 2. The van der Waals surface area contributed by atoms with Crippen molar-refractivity contribution in [3.05, 3.63) is 0 Å². The molecule has 4 N–H and O–H groups in total. The number of ether oxygens (including phenoxy) is 15. The zero-order valence-corrected chi connectivity index (χ0v) is 41.5. The van der Waals surface area contributed by atoms with Gasteiger partial charge in [0, 0.05) is 50.1 Å². The minimum Gasteiger partial charge on any atom is -0.477 e. The summed E-state index contributed by atoms with van der Waals surface area (Å²) in [4.78, 5) is 22.9. The van der Waals surface area contributed by atoms with Crippen molar-refractivity contribution in [2.75, 3.05) is 174 Å². The van der Waals surface area contributed by atoms with Gasteiger partial charge in [-0.1, -0.05) is 6.92 Å². The molecular formula is C42H78O21S3. The Balaban J connectivity index is 1.60. The summed E-state index contributed by atoms with van der Waals surface area (Å²) in [6.45, 7) is 12.4. The predicted molar refractivity (Wildman–Crippen MR) is 246 cm³/mol. The standard InChI is InChI=1S/C42H78O21S3/c1-4-6-49-8-10-51-12-14-53-16-18-55-19-17-54-15-13-52-11-9-50-7-5-20-65-30-34(44)22-57-38(24-59-36-27-62-42(3,40(47)48)63-28-36)32-66-31-37(56-21-33(43)29-64)23-58-35-25-60-41(2,39(45)46)61-26-35/h33-38,43-44,64H,4-32H2,1-3H3,(H,45,46)(H,47,48). The Hall–Kier alpha value is -0.690. The van der Waals surface area contributed by atoms with E-state index in [0.717, 1.165) is 25.2 Å². The third kappa shape index (κ3) is 30.1. The molecule has 0 spiro atoms. The highest BCUT2D eigenvalue weighted by Gasteiger charge is 2.42. The van der Waals surface area contributed by atoms with E-state index in [9.17, 15) is 30.0 Å². The molecule has 2 fully saturated rings. The number of hydrogen-bond donors (Lipinski definition) is 5. The van der Waals surface area contributed by atoms with Crippen molar-refractivity contribution in [3.63, 3.8) is 0 Å². The van der Waals surface area contributed by atoms with Crippen LogP contribution in [-0.4, -0.2) is 255 Å². The van der Waals surface area contributed by atoms with Crippen molar-refractivity contribution < 1.29 is 101 Å². The lowest BCUT2D eigenvalue weighted by Crippen LogP contribution is -2.50. The molecule has 2 rings (SSSR count). The molecule has 390 valence electrons. The largest absolute Gasteiger partial charge is 0.477 e. The molecule has 24 heteroatoms. The molecule has 0 saturated carbocycles. The Labute approximate surface area is 403 Å². The number of thiol groups is 1. The van der Waals surface area contributed by atoms with Crippen LogP contribution in [0.25, 0.3) is 0 Å². The summed E-state index contributed by atoms with van der Waals surface area (Å²) in [5.41, 5.74) is 0. The molecule has 0 amide bonds. The summed E-state index contributed by atoms with van der Waals surface area (Å²) in [7, 11) is 0. The van der Waals surface area contributed by atoms with E-state index in [4.69, 9.17) is 71.1 Å². The first-order valence-electron chi connectivity index (χ1n) is 22.6. The normalized spacial score (nSPS) is 23.1. The molecule has 0 radical (unpaired) electrons. The lowest BCUT2D eigenvalue weighted by molar-refractivity contribution is -0.285. The summed E-state index contributed by atoms with van der Waals surface area (Å²) in [6, 6.07) is 0. The van der Waals surface area contributed by atoms with E-state index in [2.05, 4.69) is 19.6 Å². The monoisotopic (exact) mass is 1010 g/mol. The van der Waals surface area contributed by atoms with Gasteiger partial charge in [0.2, 0.25) is 0 Å². The van der Waals surface area contributed by atoms with Gasteiger partial charge >= 0.3 is 11.9 Å². The number of thioether (sulfide) groups is 2. The van der Waals surface area contributed by atoms with E-state index in [1.54, 1.807) is 11.8 Å². The Morgan fingerprint density at radius 1 is 0.561 bits per heavy atom. The molecule has 0 aliphatic carbocycles. The smallest absolute Gasteiger partial charge is 0.364 e. The molecule has 66 heavy (non-hydrogen) atoms. The summed E-state index contributed by atoms with van der Waals surface area (Å²) in [5.74, 6) is -3.66. The van der Waals surface area contributed by atoms with E-state index in [0.29, 0.717) is 103 Å². The number of aliphatic hydroxyl groups excluding tert-OH is 2. The molecule has 0 bridgehead atoms. The van der Waals surface area contributed by atoms with Crippen LogP contribution in [0.15, 0.2) is 0 Å². The fourth-order valence-electron chi connectivity index (χ4n) is 5.38. The Kier molecular flexibility index (Phi) is 36.3. The van der Waals surface area contributed by atoms with Crippen LogP contribution in [0.3, 0.4) is 0 Å². The van der Waals surface area contributed by atoms with Gasteiger partial charge in [-0.3, -0.25) is 0 Å². The van der Waals surface area contributed by atoms with Crippen molar-refractivity contribution in [1.29, 1.82) is 0 Å². The summed E-state index contributed by atoms with van der Waals surface area (Å²) < 4.78 is 84.0. The lowest BCUT2D eigenvalue weighted by atomic mass is 10.2. The summed E-state index contributed by atoms with van der Waals surface area (Å²) >= 11 is 7.19. The summed E-state index contributed by atoms with van der Waals surface area (Å²) in [5, 5.41) is 39.5. The quantitative estimate of drug-likeness (QED) is 0.0425. The number of carboxylic acids is 2.